The van der Waals surface area contributed by atoms with E-state index in [1.807, 2.05) is 13.8 Å². The van der Waals surface area contributed by atoms with Crippen molar-refractivity contribution in [1.82, 2.24) is 14.5 Å². The number of aryl methyl sites for hydroxylation is 1. The normalized spacial score (nSPS) is 23.1. The highest BCUT2D eigenvalue weighted by Gasteiger charge is 2.43. The average molecular weight is 283 g/mol. The molecule has 6 nitrogen and oxygen atoms in total. The summed E-state index contributed by atoms with van der Waals surface area (Å²) < 4.78 is 1.68. The number of hydrogen-bond donors (Lipinski definition) is 1. The second kappa shape index (κ2) is 5.24. The van der Waals surface area contributed by atoms with Crippen LogP contribution in [0.1, 0.15) is 24.3 Å². The molecule has 0 saturated carbocycles. The number of carbonyl (C=O) groups excluding carboxylic acids is 1. The van der Waals surface area contributed by atoms with E-state index in [1.165, 1.54) is 23.0 Å². The fourth-order valence-corrected chi connectivity index (χ4v) is 3.62. The number of carbonyl (C=O) groups is 2. The minimum absolute atomic E-state index is 0.115. The van der Waals surface area contributed by atoms with Gasteiger partial charge in [0, 0.05) is 19.0 Å². The molecule has 0 bridgehead atoms. The van der Waals surface area contributed by atoms with Gasteiger partial charge in [-0.3, -0.25) is 4.79 Å². The molecule has 1 saturated heterocycles. The van der Waals surface area contributed by atoms with E-state index in [9.17, 15) is 14.7 Å². The predicted molar refractivity (Wildman–Crippen MR) is 71.9 cm³/mol. The second-order valence-corrected chi connectivity index (χ2v) is 6.11. The summed E-state index contributed by atoms with van der Waals surface area (Å²) in [5, 5.41) is 9.14. The summed E-state index contributed by atoms with van der Waals surface area (Å²) >= 11 is 1.51. The monoisotopic (exact) mass is 283 g/mol. The van der Waals surface area contributed by atoms with E-state index >= 15 is 0 Å². The van der Waals surface area contributed by atoms with Crippen LogP contribution in [-0.2, 0) is 11.8 Å². The molecular formula is C12H17N3O3S. The summed E-state index contributed by atoms with van der Waals surface area (Å²) in [5.74, 6) is -0.643. The molecule has 19 heavy (non-hydrogen) atoms. The first-order valence-electron chi connectivity index (χ1n) is 6.07. The summed E-state index contributed by atoms with van der Waals surface area (Å²) in [6, 6.07) is -0.771. The number of aromatic nitrogens is 2. The molecule has 0 aliphatic carbocycles. The zero-order valence-corrected chi connectivity index (χ0v) is 11.9. The van der Waals surface area contributed by atoms with Crippen LogP contribution in [0.25, 0.3) is 0 Å². The Bertz CT molecular complexity index is 500. The van der Waals surface area contributed by atoms with Gasteiger partial charge in [-0.25, -0.2) is 9.78 Å². The Hall–Kier alpha value is -1.50. The van der Waals surface area contributed by atoms with Gasteiger partial charge in [0.25, 0.3) is 5.91 Å². The number of imidazole rings is 1. The zero-order chi connectivity index (χ0) is 14.2. The van der Waals surface area contributed by atoms with E-state index in [2.05, 4.69) is 4.98 Å². The molecule has 2 atom stereocenters. The molecule has 7 heteroatoms. The summed E-state index contributed by atoms with van der Waals surface area (Å²) in [6.07, 6.45) is 3.15. The molecule has 1 aliphatic rings. The van der Waals surface area contributed by atoms with Crippen molar-refractivity contribution in [2.75, 3.05) is 5.75 Å². The summed E-state index contributed by atoms with van der Waals surface area (Å²) in [7, 11) is 1.77. The molecule has 104 valence electrons. The van der Waals surface area contributed by atoms with Crippen LogP contribution >= 0.6 is 11.8 Å². The number of carboxylic acids is 1. The molecule has 0 spiro atoms. The Kier molecular flexibility index (Phi) is 3.84. The van der Waals surface area contributed by atoms with Crippen molar-refractivity contribution >= 4 is 23.6 Å². The van der Waals surface area contributed by atoms with E-state index < -0.39 is 12.0 Å². The van der Waals surface area contributed by atoms with Gasteiger partial charge in [-0.2, -0.15) is 0 Å². The van der Waals surface area contributed by atoms with Gasteiger partial charge in [-0.1, -0.05) is 13.8 Å². The largest absolute Gasteiger partial charge is 0.480 e. The number of aliphatic carboxylic acids is 1. The van der Waals surface area contributed by atoms with E-state index in [-0.39, 0.29) is 17.2 Å². The lowest BCUT2D eigenvalue weighted by Crippen LogP contribution is -2.47. The van der Waals surface area contributed by atoms with Crippen LogP contribution < -0.4 is 0 Å². The Morgan fingerprint density at radius 1 is 1.53 bits per heavy atom. The molecular weight excluding hydrogens is 266 g/mol. The molecule has 1 aromatic heterocycles. The maximum atomic E-state index is 12.5. The average Bonchev–Trinajstić information content (AvgIpc) is 2.93. The highest BCUT2D eigenvalue weighted by Crippen LogP contribution is 2.35. The molecule has 0 radical (unpaired) electrons. The number of rotatable bonds is 3. The smallest absolute Gasteiger partial charge is 0.327 e. The van der Waals surface area contributed by atoms with Crippen LogP contribution in [-0.4, -0.2) is 48.6 Å². The molecule has 0 aromatic carbocycles. The lowest BCUT2D eigenvalue weighted by molar-refractivity contribution is -0.141. The predicted octanol–water partition coefficient (Wildman–Crippen LogP) is 1.04. The number of nitrogens with zero attached hydrogens (tertiary/aromatic N) is 3. The molecule has 1 aromatic rings. The van der Waals surface area contributed by atoms with Crippen molar-refractivity contribution in [2.24, 2.45) is 13.0 Å². The maximum absolute atomic E-state index is 12.5. The lowest BCUT2D eigenvalue weighted by atomic mass is 10.1. The second-order valence-electron chi connectivity index (χ2n) is 4.96. The standard InChI is InChI=1S/C12H17N3O3S/c1-7(2)11-15(9(5-19-11)12(17)18)10(16)8-4-14(3)6-13-8/h4,6-7,9,11H,5H2,1-3H3,(H,17,18). The highest BCUT2D eigenvalue weighted by molar-refractivity contribution is 8.00. The van der Waals surface area contributed by atoms with Gasteiger partial charge in [-0.05, 0) is 5.92 Å². The van der Waals surface area contributed by atoms with Gasteiger partial charge in [0.2, 0.25) is 0 Å². The first-order chi connectivity index (χ1) is 8.91. The summed E-state index contributed by atoms with van der Waals surface area (Å²) in [6.45, 7) is 3.97. The van der Waals surface area contributed by atoms with Gasteiger partial charge < -0.3 is 14.6 Å². The van der Waals surface area contributed by atoms with Gasteiger partial charge in [0.05, 0.1) is 11.7 Å². The molecule has 2 rings (SSSR count). The highest BCUT2D eigenvalue weighted by atomic mass is 32.2. The zero-order valence-electron chi connectivity index (χ0n) is 11.1. The van der Waals surface area contributed by atoms with E-state index in [4.69, 9.17) is 0 Å². The third-order valence-electron chi connectivity index (χ3n) is 3.05. The van der Waals surface area contributed by atoms with Crippen molar-refractivity contribution in [1.29, 1.82) is 0 Å². The number of amides is 1. The van der Waals surface area contributed by atoms with Crippen LogP contribution in [0.5, 0.6) is 0 Å². The number of hydrogen-bond acceptors (Lipinski definition) is 4. The Morgan fingerprint density at radius 2 is 2.21 bits per heavy atom. The van der Waals surface area contributed by atoms with Crippen molar-refractivity contribution < 1.29 is 14.7 Å². The minimum atomic E-state index is -0.958. The van der Waals surface area contributed by atoms with Crippen LogP contribution in [0.2, 0.25) is 0 Å². The third-order valence-corrected chi connectivity index (χ3v) is 4.67. The van der Waals surface area contributed by atoms with E-state index in [0.717, 1.165) is 0 Å². The van der Waals surface area contributed by atoms with E-state index in [0.29, 0.717) is 11.4 Å². The number of thioether (sulfide) groups is 1. The van der Waals surface area contributed by atoms with Crippen LogP contribution in [0, 0.1) is 5.92 Å². The minimum Gasteiger partial charge on any atom is -0.480 e. The quantitative estimate of drug-likeness (QED) is 0.897. The van der Waals surface area contributed by atoms with Crippen LogP contribution in [0.3, 0.4) is 0 Å². The number of carboxylic acid groups (broad SMARTS) is 1. The Balaban J connectivity index is 2.30. The lowest BCUT2D eigenvalue weighted by Gasteiger charge is -2.29. The molecule has 1 amide bonds. The Morgan fingerprint density at radius 3 is 2.68 bits per heavy atom. The summed E-state index contributed by atoms with van der Waals surface area (Å²) in [4.78, 5) is 29.2. The third kappa shape index (κ3) is 2.60. The Labute approximate surface area is 115 Å². The van der Waals surface area contributed by atoms with Crippen molar-refractivity contribution in [3.63, 3.8) is 0 Å². The molecule has 2 unspecified atom stereocenters. The van der Waals surface area contributed by atoms with Crippen LogP contribution in [0.15, 0.2) is 12.5 Å². The van der Waals surface area contributed by atoms with Crippen molar-refractivity contribution in [3.05, 3.63) is 18.2 Å². The summed E-state index contributed by atoms with van der Waals surface area (Å²) in [5.41, 5.74) is 0.293. The van der Waals surface area contributed by atoms with Crippen molar-refractivity contribution in [2.45, 2.75) is 25.3 Å². The maximum Gasteiger partial charge on any atom is 0.327 e. The van der Waals surface area contributed by atoms with Gasteiger partial charge in [0.15, 0.2) is 0 Å². The molecule has 1 aliphatic heterocycles. The van der Waals surface area contributed by atoms with Crippen molar-refractivity contribution in [3.8, 4) is 0 Å². The van der Waals surface area contributed by atoms with Gasteiger partial charge in [-0.15, -0.1) is 11.8 Å². The first-order valence-corrected chi connectivity index (χ1v) is 7.11. The molecule has 1 fully saturated rings. The van der Waals surface area contributed by atoms with E-state index in [1.54, 1.807) is 17.8 Å². The topological polar surface area (TPSA) is 75.4 Å². The SMILES string of the molecule is CC(C)C1SCC(C(=O)O)N1C(=O)c1cn(C)cn1. The fraction of sp³-hybridized carbons (Fsp3) is 0.583. The van der Waals surface area contributed by atoms with Crippen LogP contribution in [0.4, 0.5) is 0 Å². The van der Waals surface area contributed by atoms with Gasteiger partial charge in [0.1, 0.15) is 11.7 Å². The molecule has 1 N–H and O–H groups in total. The molecule has 2 heterocycles. The fourth-order valence-electron chi connectivity index (χ4n) is 2.14. The first kappa shape index (κ1) is 13.9. The van der Waals surface area contributed by atoms with Gasteiger partial charge >= 0.3 is 5.97 Å².